The number of carbonyl (C=O) groups is 2. The van der Waals surface area contributed by atoms with Crippen LogP contribution in [0.1, 0.15) is 24.4 Å². The summed E-state index contributed by atoms with van der Waals surface area (Å²) in [6.45, 7) is 1.64. The molecule has 2 aromatic rings. The first-order chi connectivity index (χ1) is 13.8. The molecule has 3 rings (SSSR count). The predicted molar refractivity (Wildman–Crippen MR) is 114 cm³/mol. The van der Waals surface area contributed by atoms with Crippen LogP contribution in [0.3, 0.4) is 0 Å². The quantitative estimate of drug-likeness (QED) is 0.535. The van der Waals surface area contributed by atoms with Crippen molar-refractivity contribution in [2.75, 3.05) is 13.6 Å². The Hall–Kier alpha value is -2.62. The number of amides is 2. The number of benzene rings is 1. The summed E-state index contributed by atoms with van der Waals surface area (Å²) < 4.78 is 5.52. The molecule has 2 atom stereocenters. The number of phenols is 1. The molecule has 7 nitrogen and oxygen atoms in total. The van der Waals surface area contributed by atoms with Gasteiger partial charge in [-0.15, -0.1) is 0 Å². The lowest BCUT2D eigenvalue weighted by molar-refractivity contribution is -0.139. The van der Waals surface area contributed by atoms with Crippen molar-refractivity contribution in [2.24, 2.45) is 0 Å². The standard InChI is InChI=1S/C20H20N2O5S2/c1-12(18(25)21(2)11-16(24)13-5-7-14(23)8-6-13)22-19(26)17(29-20(22)28)10-15-4-3-9-27-15/h3-10,12,16,23-24H,11H2,1-2H3/b17-10-/t12-,16+/m0/s1. The second kappa shape index (κ2) is 8.81. The molecule has 29 heavy (non-hydrogen) atoms. The minimum atomic E-state index is -0.929. The predicted octanol–water partition coefficient (Wildman–Crippen LogP) is 2.77. The molecule has 152 valence electrons. The van der Waals surface area contributed by atoms with E-state index in [1.807, 2.05) is 0 Å². The zero-order valence-electron chi connectivity index (χ0n) is 15.8. The van der Waals surface area contributed by atoms with Crippen LogP contribution in [0.5, 0.6) is 5.75 Å². The smallest absolute Gasteiger partial charge is 0.267 e. The third-order valence-electron chi connectivity index (χ3n) is 4.49. The summed E-state index contributed by atoms with van der Waals surface area (Å²) in [5.74, 6) is -0.0855. The van der Waals surface area contributed by atoms with Gasteiger partial charge >= 0.3 is 0 Å². The number of aliphatic hydroxyl groups excluding tert-OH is 1. The van der Waals surface area contributed by atoms with E-state index < -0.39 is 12.1 Å². The van der Waals surface area contributed by atoms with E-state index in [1.165, 1.54) is 28.2 Å². The molecule has 0 spiro atoms. The van der Waals surface area contributed by atoms with Crippen molar-refractivity contribution >= 4 is 46.2 Å². The molecule has 1 aliphatic heterocycles. The van der Waals surface area contributed by atoms with Crippen molar-refractivity contribution in [3.63, 3.8) is 0 Å². The molecule has 0 saturated carbocycles. The van der Waals surface area contributed by atoms with E-state index in [-0.39, 0.29) is 24.1 Å². The molecule has 1 saturated heterocycles. The Balaban J connectivity index is 1.67. The van der Waals surface area contributed by atoms with Crippen LogP contribution in [0.4, 0.5) is 0 Å². The van der Waals surface area contributed by atoms with E-state index in [1.54, 1.807) is 44.3 Å². The van der Waals surface area contributed by atoms with Crippen LogP contribution >= 0.6 is 24.0 Å². The minimum absolute atomic E-state index is 0.0327. The summed E-state index contributed by atoms with van der Waals surface area (Å²) in [7, 11) is 1.55. The fourth-order valence-corrected chi connectivity index (χ4v) is 4.30. The SMILES string of the molecule is C[C@@H](C(=O)N(C)C[C@@H](O)c1ccc(O)cc1)N1C(=O)/C(=C/c2ccco2)SC1=S. The molecule has 0 radical (unpaired) electrons. The van der Waals surface area contributed by atoms with E-state index in [4.69, 9.17) is 16.6 Å². The molecular weight excluding hydrogens is 412 g/mol. The highest BCUT2D eigenvalue weighted by Crippen LogP contribution is 2.34. The van der Waals surface area contributed by atoms with Gasteiger partial charge in [-0.1, -0.05) is 36.1 Å². The molecule has 1 aromatic carbocycles. The van der Waals surface area contributed by atoms with Gasteiger partial charge in [0.2, 0.25) is 5.91 Å². The topological polar surface area (TPSA) is 94.2 Å². The van der Waals surface area contributed by atoms with Crippen molar-refractivity contribution in [1.29, 1.82) is 0 Å². The van der Waals surface area contributed by atoms with Gasteiger partial charge in [-0.3, -0.25) is 14.5 Å². The third kappa shape index (κ3) is 4.69. The third-order valence-corrected chi connectivity index (χ3v) is 5.82. The van der Waals surface area contributed by atoms with Gasteiger partial charge in [0, 0.05) is 13.1 Å². The Morgan fingerprint density at radius 2 is 2.03 bits per heavy atom. The maximum atomic E-state index is 12.8. The van der Waals surface area contributed by atoms with Crippen LogP contribution in [-0.4, -0.2) is 55.8 Å². The number of aromatic hydroxyl groups is 1. The maximum Gasteiger partial charge on any atom is 0.267 e. The average molecular weight is 433 g/mol. The van der Waals surface area contributed by atoms with Crippen LogP contribution < -0.4 is 0 Å². The average Bonchev–Trinajstić information content (AvgIpc) is 3.29. The summed E-state index contributed by atoms with van der Waals surface area (Å²) in [5, 5.41) is 19.7. The number of nitrogens with zero attached hydrogens (tertiary/aromatic N) is 2. The summed E-state index contributed by atoms with van der Waals surface area (Å²) >= 11 is 6.42. The highest BCUT2D eigenvalue weighted by atomic mass is 32.2. The van der Waals surface area contributed by atoms with Gasteiger partial charge in [-0.2, -0.15) is 0 Å². The second-order valence-corrected chi connectivity index (χ2v) is 8.24. The van der Waals surface area contributed by atoms with Gasteiger partial charge < -0.3 is 19.5 Å². The Bertz CT molecular complexity index is 940. The number of phenolic OH excluding ortho intramolecular Hbond substituents is 1. The van der Waals surface area contributed by atoms with Crippen LogP contribution in [0.15, 0.2) is 52.0 Å². The number of thioether (sulfide) groups is 1. The maximum absolute atomic E-state index is 12.8. The molecule has 2 heterocycles. The number of carbonyl (C=O) groups excluding carboxylic acids is 2. The molecule has 1 aromatic heterocycles. The fourth-order valence-electron chi connectivity index (χ4n) is 2.90. The fraction of sp³-hybridized carbons (Fsp3) is 0.250. The highest BCUT2D eigenvalue weighted by Gasteiger charge is 2.39. The van der Waals surface area contributed by atoms with E-state index >= 15 is 0 Å². The van der Waals surface area contributed by atoms with Crippen LogP contribution in [-0.2, 0) is 9.59 Å². The van der Waals surface area contributed by atoms with Crippen molar-refractivity contribution in [2.45, 2.75) is 19.1 Å². The van der Waals surface area contributed by atoms with Crippen LogP contribution in [0.2, 0.25) is 0 Å². The lowest BCUT2D eigenvalue weighted by atomic mass is 10.1. The Kier molecular flexibility index (Phi) is 6.41. The Morgan fingerprint density at radius 3 is 2.66 bits per heavy atom. The Morgan fingerprint density at radius 1 is 1.34 bits per heavy atom. The van der Waals surface area contributed by atoms with E-state index in [2.05, 4.69) is 0 Å². The minimum Gasteiger partial charge on any atom is -0.508 e. The first kappa shape index (κ1) is 21.1. The summed E-state index contributed by atoms with van der Waals surface area (Å²) in [6, 6.07) is 8.73. The molecule has 2 N–H and O–H groups in total. The number of hydrogen-bond donors (Lipinski definition) is 2. The summed E-state index contributed by atoms with van der Waals surface area (Å²) in [4.78, 5) is 28.6. The number of furan rings is 1. The second-order valence-electron chi connectivity index (χ2n) is 6.57. The zero-order chi connectivity index (χ0) is 21.1. The van der Waals surface area contributed by atoms with Crippen molar-refractivity contribution in [1.82, 2.24) is 9.80 Å². The molecular formula is C20H20N2O5S2. The summed E-state index contributed by atoms with van der Waals surface area (Å²) in [6.07, 6.45) is 2.17. The number of likely N-dealkylation sites (N-methyl/N-ethyl adjacent to an activating group) is 1. The van der Waals surface area contributed by atoms with Crippen molar-refractivity contribution < 1.29 is 24.2 Å². The Labute approximate surface area is 177 Å². The van der Waals surface area contributed by atoms with Crippen LogP contribution in [0, 0.1) is 0 Å². The van der Waals surface area contributed by atoms with Gasteiger partial charge in [0.05, 0.1) is 23.8 Å². The monoisotopic (exact) mass is 432 g/mol. The lowest BCUT2D eigenvalue weighted by Crippen LogP contribution is -2.48. The first-order valence-corrected chi connectivity index (χ1v) is 10.0. The number of thiocarbonyl (C=S) groups is 1. The van der Waals surface area contributed by atoms with Gasteiger partial charge in [-0.25, -0.2) is 0 Å². The zero-order valence-corrected chi connectivity index (χ0v) is 17.4. The highest BCUT2D eigenvalue weighted by molar-refractivity contribution is 8.26. The largest absolute Gasteiger partial charge is 0.508 e. The molecule has 0 bridgehead atoms. The van der Waals surface area contributed by atoms with Gasteiger partial charge in [-0.05, 0) is 36.8 Å². The van der Waals surface area contributed by atoms with Gasteiger partial charge in [0.25, 0.3) is 5.91 Å². The van der Waals surface area contributed by atoms with E-state index in [0.717, 1.165) is 11.8 Å². The molecule has 1 fully saturated rings. The van der Waals surface area contributed by atoms with Crippen molar-refractivity contribution in [3.05, 3.63) is 58.9 Å². The molecule has 0 aliphatic carbocycles. The van der Waals surface area contributed by atoms with Gasteiger partial charge in [0.1, 0.15) is 21.9 Å². The van der Waals surface area contributed by atoms with E-state index in [0.29, 0.717) is 20.5 Å². The first-order valence-electron chi connectivity index (χ1n) is 8.80. The molecule has 0 unspecified atom stereocenters. The summed E-state index contributed by atoms with van der Waals surface area (Å²) in [5.41, 5.74) is 0.571. The normalized spacial score (nSPS) is 17.6. The van der Waals surface area contributed by atoms with Gasteiger partial charge in [0.15, 0.2) is 0 Å². The lowest BCUT2D eigenvalue weighted by Gasteiger charge is -2.28. The molecule has 2 amide bonds. The van der Waals surface area contributed by atoms with E-state index in [9.17, 15) is 19.8 Å². The van der Waals surface area contributed by atoms with Crippen molar-refractivity contribution in [3.8, 4) is 5.75 Å². The molecule has 9 heteroatoms. The van der Waals surface area contributed by atoms with Crippen LogP contribution in [0.25, 0.3) is 6.08 Å². The number of hydrogen-bond acceptors (Lipinski definition) is 7. The molecule has 1 aliphatic rings. The number of rotatable bonds is 6. The number of aliphatic hydroxyl groups is 1.